The molecule has 3 N–H and O–H groups in total. The van der Waals surface area contributed by atoms with Gasteiger partial charge in [0.2, 0.25) is 5.91 Å². The van der Waals surface area contributed by atoms with Gasteiger partial charge in [-0.05, 0) is 92.1 Å². The van der Waals surface area contributed by atoms with E-state index in [-0.39, 0.29) is 38.5 Å². The van der Waals surface area contributed by atoms with Crippen LogP contribution in [0.5, 0.6) is 0 Å². The fourth-order valence-electron chi connectivity index (χ4n) is 7.17. The van der Waals surface area contributed by atoms with E-state index in [0.29, 0.717) is 29.7 Å². The van der Waals surface area contributed by atoms with Crippen molar-refractivity contribution in [3.8, 4) is 0 Å². The van der Waals surface area contributed by atoms with Crippen LogP contribution in [0, 0.1) is 12.7 Å². The molecule has 2 saturated heterocycles. The summed E-state index contributed by atoms with van der Waals surface area (Å²) in [5, 5.41) is 11.0. The molecular weight excluding hydrogens is 671 g/mol. The number of ether oxygens (including phenoxy) is 1. The number of halogens is 7. The second-order valence-corrected chi connectivity index (χ2v) is 13.5. The Hall–Kier alpha value is -4.17. The molecule has 2 fully saturated rings. The van der Waals surface area contributed by atoms with E-state index in [1.165, 1.54) is 41.8 Å². The van der Waals surface area contributed by atoms with Gasteiger partial charge in [-0.2, -0.15) is 26.3 Å². The van der Waals surface area contributed by atoms with Gasteiger partial charge in [0.25, 0.3) is 0 Å². The van der Waals surface area contributed by atoms with E-state index in [2.05, 4.69) is 0 Å². The minimum Gasteiger partial charge on any atom is -0.444 e. The maximum Gasteiger partial charge on any atom is 0.416 e. The second kappa shape index (κ2) is 13.5. The lowest BCUT2D eigenvalue weighted by molar-refractivity contribution is -0.144. The van der Waals surface area contributed by atoms with Crippen molar-refractivity contribution < 1.29 is 50.2 Å². The van der Waals surface area contributed by atoms with E-state index >= 15 is 0 Å². The molecule has 3 aromatic carbocycles. The Morgan fingerprint density at radius 1 is 0.980 bits per heavy atom. The number of nitrogens with two attached hydrogens (primary N) is 1. The van der Waals surface area contributed by atoms with Gasteiger partial charge in [-0.25, -0.2) is 9.18 Å². The molecular formula is C36H38F7N3O4. The lowest BCUT2D eigenvalue weighted by Crippen LogP contribution is -2.62. The van der Waals surface area contributed by atoms with Crippen LogP contribution in [0.1, 0.15) is 84.9 Å². The van der Waals surface area contributed by atoms with Crippen molar-refractivity contribution in [3.05, 3.63) is 106 Å². The molecule has 50 heavy (non-hydrogen) atoms. The van der Waals surface area contributed by atoms with Crippen LogP contribution in [0.15, 0.2) is 66.7 Å². The minimum atomic E-state index is -5.10. The van der Waals surface area contributed by atoms with E-state index < -0.39 is 76.1 Å². The zero-order chi connectivity index (χ0) is 36.8. The highest BCUT2D eigenvalue weighted by molar-refractivity contribution is 5.87. The van der Waals surface area contributed by atoms with Gasteiger partial charge in [-0.15, -0.1) is 0 Å². The van der Waals surface area contributed by atoms with Gasteiger partial charge in [0, 0.05) is 12.5 Å². The zero-order valence-electron chi connectivity index (χ0n) is 27.6. The molecule has 3 aromatic rings. The zero-order valence-corrected chi connectivity index (χ0v) is 27.6. The summed E-state index contributed by atoms with van der Waals surface area (Å²) in [7, 11) is 0. The first-order chi connectivity index (χ1) is 23.2. The summed E-state index contributed by atoms with van der Waals surface area (Å²) in [6.07, 6.45) is -11.4. The van der Waals surface area contributed by atoms with Crippen molar-refractivity contribution in [2.24, 2.45) is 5.73 Å². The van der Waals surface area contributed by atoms with Crippen LogP contribution in [-0.2, 0) is 28.5 Å². The van der Waals surface area contributed by atoms with Crippen LogP contribution in [0.4, 0.5) is 35.5 Å². The van der Waals surface area contributed by atoms with Gasteiger partial charge in [-0.3, -0.25) is 9.69 Å². The number of hydrogen-bond donors (Lipinski definition) is 2. The molecule has 0 bridgehead atoms. The highest BCUT2D eigenvalue weighted by Crippen LogP contribution is 2.49. The molecule has 0 radical (unpaired) electrons. The number of rotatable bonds is 6. The van der Waals surface area contributed by atoms with Crippen LogP contribution in [-0.4, -0.2) is 50.8 Å². The molecule has 7 nitrogen and oxygen atoms in total. The largest absolute Gasteiger partial charge is 0.444 e. The Balaban J connectivity index is 1.50. The van der Waals surface area contributed by atoms with E-state index in [1.807, 2.05) is 6.07 Å². The number of alkyl halides is 6. The maximum absolute atomic E-state index is 14.4. The van der Waals surface area contributed by atoms with E-state index in [4.69, 9.17) is 10.5 Å². The highest BCUT2D eigenvalue weighted by atomic mass is 19.4. The molecule has 14 heteroatoms. The predicted octanol–water partition coefficient (Wildman–Crippen LogP) is 7.85. The Bertz CT molecular complexity index is 1700. The third-order valence-electron chi connectivity index (χ3n) is 10.2. The van der Waals surface area contributed by atoms with Crippen molar-refractivity contribution in [2.45, 2.75) is 94.7 Å². The molecule has 0 saturated carbocycles. The number of aryl methyl sites for hydroxylation is 1. The summed E-state index contributed by atoms with van der Waals surface area (Å²) in [4.78, 5) is 30.6. The number of benzene rings is 3. The number of aliphatic hydroxyl groups excluding tert-OH is 1. The lowest BCUT2D eigenvalue weighted by atomic mass is 9.75. The first-order valence-electron chi connectivity index (χ1n) is 16.1. The lowest BCUT2D eigenvalue weighted by Gasteiger charge is -2.51. The first kappa shape index (κ1) is 37.1. The van der Waals surface area contributed by atoms with Gasteiger partial charge in [-0.1, -0.05) is 43.3 Å². The van der Waals surface area contributed by atoms with Crippen LogP contribution in [0.3, 0.4) is 0 Å². The predicted molar refractivity (Wildman–Crippen MR) is 169 cm³/mol. The molecule has 270 valence electrons. The van der Waals surface area contributed by atoms with E-state index in [9.17, 15) is 45.4 Å². The van der Waals surface area contributed by atoms with Crippen molar-refractivity contribution in [1.29, 1.82) is 0 Å². The number of piperidine rings is 1. The molecule has 2 heterocycles. The molecule has 5 atom stereocenters. The van der Waals surface area contributed by atoms with Gasteiger partial charge in [0.05, 0.1) is 28.2 Å². The van der Waals surface area contributed by atoms with Crippen molar-refractivity contribution in [2.75, 3.05) is 6.54 Å². The number of aliphatic hydroxyl groups is 1. The van der Waals surface area contributed by atoms with E-state index in [0.717, 1.165) is 5.56 Å². The molecule has 5 rings (SSSR count). The molecule has 2 unspecified atom stereocenters. The maximum atomic E-state index is 14.4. The monoisotopic (exact) mass is 709 g/mol. The quantitative estimate of drug-likeness (QED) is 0.255. The summed E-state index contributed by atoms with van der Waals surface area (Å²) < 4.78 is 102. The number of amides is 2. The summed E-state index contributed by atoms with van der Waals surface area (Å²) in [5.74, 6) is -2.64. The topological polar surface area (TPSA) is 96.1 Å². The fraction of sp³-hybridized carbons (Fsp3) is 0.444. The summed E-state index contributed by atoms with van der Waals surface area (Å²) >= 11 is 0. The number of likely N-dealkylation sites (tertiary alicyclic amines) is 2. The number of nitrogens with zero attached hydrogens (tertiary/aromatic N) is 2. The highest BCUT2D eigenvalue weighted by Gasteiger charge is 2.55. The van der Waals surface area contributed by atoms with Gasteiger partial charge >= 0.3 is 18.4 Å². The molecule has 2 amide bonds. The summed E-state index contributed by atoms with van der Waals surface area (Å²) in [6, 6.07) is 13.1. The van der Waals surface area contributed by atoms with Crippen molar-refractivity contribution in [1.82, 2.24) is 9.80 Å². The normalized spacial score (nSPS) is 23.1. The number of carbonyl (C=O) groups is 2. The first-order valence-corrected chi connectivity index (χ1v) is 16.1. The Morgan fingerprint density at radius 3 is 2.18 bits per heavy atom. The van der Waals surface area contributed by atoms with Gasteiger partial charge < -0.3 is 20.5 Å². The van der Waals surface area contributed by atoms with Crippen LogP contribution < -0.4 is 5.73 Å². The number of hydrogen-bond acceptors (Lipinski definition) is 5. The van der Waals surface area contributed by atoms with Crippen LogP contribution in [0.2, 0.25) is 0 Å². The third kappa shape index (κ3) is 7.32. The average Bonchev–Trinajstić information content (AvgIpc) is 3.36. The molecule has 0 aliphatic carbocycles. The minimum absolute atomic E-state index is 0.00988. The molecule has 2 aliphatic rings. The second-order valence-electron chi connectivity index (χ2n) is 13.5. The SMILES string of the molecule is Cc1cc(F)ccc1[C@H]1C[C@]2(CCC(O)N2C(=O)OCc2ccccc2)CCN1C(=O)C(C)(N)[C@H](C)c1cc(C(F)(F)F)cc(C(F)(F)F)c1. The van der Waals surface area contributed by atoms with Crippen LogP contribution >= 0.6 is 0 Å². The van der Waals surface area contributed by atoms with E-state index in [1.54, 1.807) is 31.2 Å². The Labute approximate surface area is 284 Å². The Kier molecular flexibility index (Phi) is 10.0. The van der Waals surface area contributed by atoms with Crippen molar-refractivity contribution >= 4 is 12.0 Å². The fourth-order valence-corrected chi connectivity index (χ4v) is 7.17. The van der Waals surface area contributed by atoms with Crippen LogP contribution in [0.25, 0.3) is 0 Å². The molecule has 1 spiro atoms. The standard InChI is InChI=1S/C36H38F7N3O4/c1-21-15-27(37)9-10-28(21)29-19-34(12-11-30(47)46(34)32(49)50-20-23-7-5-4-6-8-23)13-14-45(29)31(48)33(3,44)22(2)24-16-25(35(38,39)40)18-26(17-24)36(41,42)43/h4-10,15-18,22,29-30,47H,11-14,19-20,44H2,1-3H3/t22-,29-,30?,33?,34+/m1/s1. The summed E-state index contributed by atoms with van der Waals surface area (Å²) in [5.41, 5.74) is 1.75. The smallest absolute Gasteiger partial charge is 0.416 e. The summed E-state index contributed by atoms with van der Waals surface area (Å²) in [6.45, 7) is 4.06. The number of carbonyl (C=O) groups excluding carboxylic acids is 2. The third-order valence-corrected chi connectivity index (χ3v) is 10.2. The van der Waals surface area contributed by atoms with Crippen molar-refractivity contribution in [3.63, 3.8) is 0 Å². The Morgan fingerprint density at radius 2 is 1.60 bits per heavy atom. The molecule has 2 aliphatic heterocycles. The molecule has 0 aromatic heterocycles. The average molecular weight is 710 g/mol. The van der Waals surface area contributed by atoms with Gasteiger partial charge in [0.15, 0.2) is 0 Å². The van der Waals surface area contributed by atoms with Gasteiger partial charge in [0.1, 0.15) is 18.7 Å².